The standard InChI is InChI=1S/C21H26F3NO/c1-3-6-17(7-4-2)20(13-5-14-20)19(26)25-15-12-16-8-10-18(11-9-16)21(22,23)24/h3,6-11H,4-5,12-15H2,1-2H3,(H,25,26)/b6-3-,17-7+. The minimum absolute atomic E-state index is 0.0217. The highest BCUT2D eigenvalue weighted by atomic mass is 19.4. The highest BCUT2D eigenvalue weighted by Gasteiger charge is 2.45. The number of allylic oxidation sites excluding steroid dienone is 3. The number of hydrogen-bond donors (Lipinski definition) is 1. The Morgan fingerprint density at radius 1 is 1.23 bits per heavy atom. The van der Waals surface area contributed by atoms with Crippen molar-refractivity contribution in [3.63, 3.8) is 0 Å². The first kappa shape index (κ1) is 20.3. The largest absolute Gasteiger partial charge is 0.416 e. The van der Waals surface area contributed by atoms with Crippen molar-refractivity contribution < 1.29 is 18.0 Å². The molecule has 0 radical (unpaired) electrons. The van der Waals surface area contributed by atoms with E-state index >= 15 is 0 Å². The predicted octanol–water partition coefficient (Wildman–Crippen LogP) is 5.45. The Morgan fingerprint density at radius 3 is 2.35 bits per heavy atom. The van der Waals surface area contributed by atoms with Gasteiger partial charge in [-0.2, -0.15) is 13.2 Å². The van der Waals surface area contributed by atoms with E-state index < -0.39 is 17.2 Å². The number of alkyl halides is 3. The van der Waals surface area contributed by atoms with Crippen LogP contribution in [0.4, 0.5) is 13.2 Å². The zero-order valence-corrected chi connectivity index (χ0v) is 15.3. The van der Waals surface area contributed by atoms with Crippen LogP contribution in [0, 0.1) is 5.41 Å². The second-order valence-electron chi connectivity index (χ2n) is 6.70. The van der Waals surface area contributed by atoms with Crippen molar-refractivity contribution in [3.05, 3.63) is 59.2 Å². The fourth-order valence-corrected chi connectivity index (χ4v) is 3.35. The zero-order valence-electron chi connectivity index (χ0n) is 15.3. The molecule has 2 rings (SSSR count). The van der Waals surface area contributed by atoms with Crippen LogP contribution in [-0.4, -0.2) is 12.5 Å². The average Bonchev–Trinajstić information content (AvgIpc) is 2.54. The molecule has 1 aromatic rings. The number of nitrogens with one attached hydrogen (secondary N) is 1. The molecule has 5 heteroatoms. The van der Waals surface area contributed by atoms with Crippen molar-refractivity contribution in [1.29, 1.82) is 0 Å². The van der Waals surface area contributed by atoms with E-state index in [1.165, 1.54) is 12.1 Å². The summed E-state index contributed by atoms with van der Waals surface area (Å²) < 4.78 is 37.8. The second kappa shape index (κ2) is 8.56. The van der Waals surface area contributed by atoms with Crippen LogP contribution in [0.2, 0.25) is 0 Å². The third-order valence-electron chi connectivity index (χ3n) is 4.95. The average molecular weight is 365 g/mol. The van der Waals surface area contributed by atoms with Gasteiger partial charge in [0.05, 0.1) is 11.0 Å². The Bertz CT molecular complexity index is 667. The summed E-state index contributed by atoms with van der Waals surface area (Å²) in [5.74, 6) is 0.0217. The molecule has 0 aliphatic heterocycles. The van der Waals surface area contributed by atoms with Crippen LogP contribution in [0.5, 0.6) is 0 Å². The van der Waals surface area contributed by atoms with Crippen LogP contribution < -0.4 is 5.32 Å². The first-order valence-electron chi connectivity index (χ1n) is 9.11. The molecule has 2 nitrogen and oxygen atoms in total. The van der Waals surface area contributed by atoms with Crippen molar-refractivity contribution >= 4 is 5.91 Å². The van der Waals surface area contributed by atoms with Crippen LogP contribution in [0.1, 0.15) is 50.7 Å². The molecule has 1 amide bonds. The van der Waals surface area contributed by atoms with Crippen molar-refractivity contribution in [2.24, 2.45) is 5.41 Å². The third kappa shape index (κ3) is 4.57. The molecule has 1 aliphatic carbocycles. The predicted molar refractivity (Wildman–Crippen MR) is 97.6 cm³/mol. The summed E-state index contributed by atoms with van der Waals surface area (Å²) in [7, 11) is 0. The van der Waals surface area contributed by atoms with E-state index in [1.807, 2.05) is 19.1 Å². The van der Waals surface area contributed by atoms with Crippen molar-refractivity contribution in [1.82, 2.24) is 5.32 Å². The Kier molecular flexibility index (Phi) is 6.68. The molecular formula is C21H26F3NO. The lowest BCUT2D eigenvalue weighted by molar-refractivity contribution is -0.137. The summed E-state index contributed by atoms with van der Waals surface area (Å²) in [4.78, 5) is 12.8. The van der Waals surface area contributed by atoms with Gasteiger partial charge in [-0.1, -0.05) is 43.7 Å². The van der Waals surface area contributed by atoms with Gasteiger partial charge in [-0.05, 0) is 55.9 Å². The molecule has 1 N–H and O–H groups in total. The maximum Gasteiger partial charge on any atom is 0.416 e. The van der Waals surface area contributed by atoms with Gasteiger partial charge in [0.2, 0.25) is 5.91 Å². The molecule has 1 fully saturated rings. The van der Waals surface area contributed by atoms with Crippen LogP contribution in [-0.2, 0) is 17.4 Å². The topological polar surface area (TPSA) is 29.1 Å². The lowest BCUT2D eigenvalue weighted by Crippen LogP contribution is -2.47. The lowest BCUT2D eigenvalue weighted by Gasteiger charge is -2.41. The summed E-state index contributed by atoms with van der Waals surface area (Å²) in [6.45, 7) is 4.41. The summed E-state index contributed by atoms with van der Waals surface area (Å²) in [6.07, 6.45) is 5.86. The van der Waals surface area contributed by atoms with Gasteiger partial charge in [0.25, 0.3) is 0 Å². The molecule has 142 valence electrons. The number of carbonyl (C=O) groups excluding carboxylic acids is 1. The Balaban J connectivity index is 1.96. The number of rotatable bonds is 7. The molecule has 1 aromatic carbocycles. The van der Waals surface area contributed by atoms with E-state index in [4.69, 9.17) is 0 Å². The molecule has 0 spiro atoms. The molecule has 1 saturated carbocycles. The van der Waals surface area contributed by atoms with E-state index in [0.717, 1.165) is 49.0 Å². The Labute approximate surface area is 153 Å². The van der Waals surface area contributed by atoms with Gasteiger partial charge in [-0.15, -0.1) is 0 Å². The van der Waals surface area contributed by atoms with E-state index in [-0.39, 0.29) is 5.91 Å². The smallest absolute Gasteiger partial charge is 0.355 e. The van der Waals surface area contributed by atoms with Gasteiger partial charge in [0, 0.05) is 6.54 Å². The van der Waals surface area contributed by atoms with Gasteiger partial charge in [0.1, 0.15) is 0 Å². The fourth-order valence-electron chi connectivity index (χ4n) is 3.35. The third-order valence-corrected chi connectivity index (χ3v) is 4.95. The number of carbonyl (C=O) groups is 1. The van der Waals surface area contributed by atoms with Crippen molar-refractivity contribution in [2.75, 3.05) is 6.54 Å². The normalized spacial score (nSPS) is 17.2. The van der Waals surface area contributed by atoms with Crippen LogP contribution in [0.25, 0.3) is 0 Å². The number of hydrogen-bond acceptors (Lipinski definition) is 1. The molecule has 0 atom stereocenters. The second-order valence-corrected chi connectivity index (χ2v) is 6.70. The number of halogens is 3. The highest BCUT2D eigenvalue weighted by Crippen LogP contribution is 2.48. The Morgan fingerprint density at radius 2 is 1.88 bits per heavy atom. The summed E-state index contributed by atoms with van der Waals surface area (Å²) in [6, 6.07) is 5.10. The summed E-state index contributed by atoms with van der Waals surface area (Å²) in [5.41, 5.74) is 0.752. The number of benzene rings is 1. The summed E-state index contributed by atoms with van der Waals surface area (Å²) in [5, 5.41) is 2.98. The molecule has 0 aromatic heterocycles. The van der Waals surface area contributed by atoms with E-state index in [1.54, 1.807) is 0 Å². The maximum atomic E-state index is 12.8. The minimum atomic E-state index is -4.32. The van der Waals surface area contributed by atoms with Crippen molar-refractivity contribution in [3.8, 4) is 0 Å². The molecule has 1 aliphatic rings. The van der Waals surface area contributed by atoms with Crippen LogP contribution >= 0.6 is 0 Å². The van der Waals surface area contributed by atoms with E-state index in [9.17, 15) is 18.0 Å². The molecule has 26 heavy (non-hydrogen) atoms. The Hall–Kier alpha value is -2.04. The fraction of sp³-hybridized carbons (Fsp3) is 0.476. The van der Waals surface area contributed by atoms with Crippen LogP contribution in [0.3, 0.4) is 0 Å². The monoisotopic (exact) mass is 365 g/mol. The van der Waals surface area contributed by atoms with Crippen molar-refractivity contribution in [2.45, 2.75) is 52.1 Å². The first-order chi connectivity index (χ1) is 12.3. The molecule has 0 bridgehead atoms. The molecular weight excluding hydrogens is 339 g/mol. The molecule has 0 saturated heterocycles. The lowest BCUT2D eigenvalue weighted by atomic mass is 9.63. The molecule has 0 unspecified atom stereocenters. The zero-order chi connectivity index (χ0) is 19.2. The van der Waals surface area contributed by atoms with Crippen LogP contribution in [0.15, 0.2) is 48.1 Å². The van der Waals surface area contributed by atoms with Gasteiger partial charge in [0.15, 0.2) is 0 Å². The van der Waals surface area contributed by atoms with Gasteiger partial charge in [-0.25, -0.2) is 0 Å². The maximum absolute atomic E-state index is 12.8. The first-order valence-corrected chi connectivity index (χ1v) is 9.11. The quantitative estimate of drug-likeness (QED) is 0.640. The van der Waals surface area contributed by atoms with Gasteiger partial charge < -0.3 is 5.32 Å². The SMILES string of the molecule is C/C=C\C(=C/CC)C1(C(=O)NCCc2ccc(C(F)(F)F)cc2)CCC1. The van der Waals surface area contributed by atoms with Gasteiger partial charge in [-0.3, -0.25) is 4.79 Å². The van der Waals surface area contributed by atoms with E-state index in [2.05, 4.69) is 18.3 Å². The summed E-state index contributed by atoms with van der Waals surface area (Å²) >= 11 is 0. The highest BCUT2D eigenvalue weighted by molar-refractivity contribution is 5.87. The van der Waals surface area contributed by atoms with Gasteiger partial charge >= 0.3 is 6.18 Å². The van der Waals surface area contributed by atoms with E-state index in [0.29, 0.717) is 13.0 Å². The molecule has 0 heterocycles. The number of amides is 1. The minimum Gasteiger partial charge on any atom is -0.355 e.